The third-order valence-corrected chi connectivity index (χ3v) is 8.37. The van der Waals surface area contributed by atoms with E-state index in [1.165, 1.54) is 22.3 Å². The lowest BCUT2D eigenvalue weighted by atomic mass is 9.88. The minimum Gasteiger partial charge on any atom is -0.454 e. The fraction of sp³-hybridized carbons (Fsp3) is 0.367. The van der Waals surface area contributed by atoms with Gasteiger partial charge in [0.15, 0.2) is 11.5 Å². The van der Waals surface area contributed by atoms with Gasteiger partial charge in [0.1, 0.15) is 0 Å². The Kier molecular flexibility index (Phi) is 5.35. The minimum absolute atomic E-state index is 0.0343. The molecule has 0 spiro atoms. The first kappa shape index (κ1) is 21.7. The van der Waals surface area contributed by atoms with Crippen LogP contribution in [0.25, 0.3) is 0 Å². The van der Waals surface area contributed by atoms with E-state index in [9.17, 15) is 4.79 Å². The van der Waals surface area contributed by atoms with E-state index in [4.69, 9.17) is 9.47 Å². The van der Waals surface area contributed by atoms with Crippen molar-refractivity contribution in [3.05, 3.63) is 95.1 Å². The van der Waals surface area contributed by atoms with Gasteiger partial charge in [0.05, 0.1) is 6.04 Å². The Labute approximate surface area is 211 Å². The van der Waals surface area contributed by atoms with Crippen LogP contribution in [0.4, 0.5) is 4.79 Å². The van der Waals surface area contributed by atoms with Gasteiger partial charge in [-0.2, -0.15) is 0 Å². The first-order valence-electron chi connectivity index (χ1n) is 13.1. The van der Waals surface area contributed by atoms with Crippen molar-refractivity contribution >= 4 is 6.03 Å². The molecule has 3 aromatic carbocycles. The summed E-state index contributed by atoms with van der Waals surface area (Å²) in [6.45, 7) is 4.21. The summed E-state index contributed by atoms with van der Waals surface area (Å²) < 4.78 is 10.9. The van der Waals surface area contributed by atoms with Gasteiger partial charge in [0.25, 0.3) is 0 Å². The van der Waals surface area contributed by atoms with Crippen LogP contribution in [0.15, 0.2) is 72.8 Å². The first-order valence-corrected chi connectivity index (χ1v) is 13.1. The maximum absolute atomic E-state index is 13.5. The van der Waals surface area contributed by atoms with E-state index in [0.29, 0.717) is 24.7 Å². The number of fused-ring (bicyclic) bond motifs is 3. The third-order valence-electron chi connectivity index (χ3n) is 8.37. The molecule has 1 N–H and O–H groups in total. The number of hydrogen-bond acceptors (Lipinski definition) is 4. The van der Waals surface area contributed by atoms with Crippen molar-refractivity contribution < 1.29 is 14.3 Å². The van der Waals surface area contributed by atoms with E-state index in [1.54, 1.807) is 0 Å². The van der Waals surface area contributed by atoms with E-state index in [2.05, 4.69) is 70.9 Å². The highest BCUT2D eigenvalue weighted by Gasteiger charge is 2.56. The molecule has 3 atom stereocenters. The summed E-state index contributed by atoms with van der Waals surface area (Å²) in [5, 5.41) is 3.41. The van der Waals surface area contributed by atoms with Crippen LogP contribution < -0.4 is 14.8 Å². The number of amides is 2. The summed E-state index contributed by atoms with van der Waals surface area (Å²) in [6.07, 6.45) is 1.90. The molecule has 7 rings (SSSR count). The summed E-state index contributed by atoms with van der Waals surface area (Å²) in [5.74, 6) is 2.83. The lowest BCUT2D eigenvalue weighted by Crippen LogP contribution is -2.48. The zero-order valence-corrected chi connectivity index (χ0v) is 20.3. The number of likely N-dealkylation sites (tertiary alicyclic amines) is 1. The molecule has 1 saturated heterocycles. The average Bonchev–Trinajstić information content (AvgIpc) is 3.27. The molecule has 3 aromatic rings. The van der Waals surface area contributed by atoms with E-state index in [0.717, 1.165) is 50.5 Å². The molecule has 1 saturated carbocycles. The molecule has 4 aliphatic rings. The monoisotopic (exact) mass is 481 g/mol. The fourth-order valence-electron chi connectivity index (χ4n) is 6.40. The van der Waals surface area contributed by atoms with Crippen molar-refractivity contribution in [2.75, 3.05) is 33.0 Å². The number of benzene rings is 3. The highest BCUT2D eigenvalue weighted by atomic mass is 16.7. The van der Waals surface area contributed by atoms with Crippen molar-refractivity contribution in [2.45, 2.75) is 24.9 Å². The quantitative estimate of drug-likeness (QED) is 0.592. The summed E-state index contributed by atoms with van der Waals surface area (Å²) in [4.78, 5) is 18.1. The fourth-order valence-corrected chi connectivity index (χ4v) is 6.40. The molecule has 1 aliphatic carbocycles. The Morgan fingerprint density at radius 2 is 1.69 bits per heavy atom. The maximum Gasteiger partial charge on any atom is 0.318 e. The molecule has 6 heteroatoms. The Morgan fingerprint density at radius 3 is 2.56 bits per heavy atom. The van der Waals surface area contributed by atoms with Gasteiger partial charge in [-0.3, -0.25) is 0 Å². The molecule has 36 heavy (non-hydrogen) atoms. The number of rotatable bonds is 5. The van der Waals surface area contributed by atoms with Gasteiger partial charge in [-0.1, -0.05) is 60.7 Å². The van der Waals surface area contributed by atoms with E-state index in [1.807, 2.05) is 17.0 Å². The van der Waals surface area contributed by atoms with Crippen molar-refractivity contribution in [1.82, 2.24) is 15.1 Å². The maximum atomic E-state index is 13.5. The molecule has 2 fully saturated rings. The van der Waals surface area contributed by atoms with Crippen LogP contribution in [0, 0.1) is 11.8 Å². The number of hydrogen-bond donors (Lipinski definition) is 1. The van der Waals surface area contributed by atoms with Gasteiger partial charge in [0.2, 0.25) is 6.79 Å². The largest absolute Gasteiger partial charge is 0.454 e. The molecule has 184 valence electrons. The van der Waals surface area contributed by atoms with Crippen molar-refractivity contribution in [3.8, 4) is 11.5 Å². The van der Waals surface area contributed by atoms with Crippen LogP contribution in [-0.2, 0) is 12.8 Å². The molecule has 3 unspecified atom stereocenters. The predicted molar refractivity (Wildman–Crippen MR) is 137 cm³/mol. The van der Waals surface area contributed by atoms with E-state index in [-0.39, 0.29) is 12.1 Å². The average molecular weight is 482 g/mol. The molecular weight excluding hydrogens is 450 g/mol. The highest BCUT2D eigenvalue weighted by Crippen LogP contribution is 2.46. The second-order valence-corrected chi connectivity index (χ2v) is 10.5. The van der Waals surface area contributed by atoms with Gasteiger partial charge in [-0.25, -0.2) is 4.79 Å². The first-order chi connectivity index (χ1) is 17.7. The van der Waals surface area contributed by atoms with Crippen LogP contribution in [0.2, 0.25) is 0 Å². The summed E-state index contributed by atoms with van der Waals surface area (Å²) in [5.41, 5.74) is 5.04. The van der Waals surface area contributed by atoms with Crippen molar-refractivity contribution in [3.63, 3.8) is 0 Å². The van der Waals surface area contributed by atoms with Gasteiger partial charge < -0.3 is 24.6 Å². The van der Waals surface area contributed by atoms with Crippen LogP contribution in [0.5, 0.6) is 11.5 Å². The van der Waals surface area contributed by atoms with Crippen LogP contribution in [0.1, 0.15) is 28.3 Å². The molecule has 0 aromatic heterocycles. The molecule has 2 amide bonds. The molecule has 3 aliphatic heterocycles. The van der Waals surface area contributed by atoms with Gasteiger partial charge >= 0.3 is 6.03 Å². The normalized spacial score (nSPS) is 25.8. The second-order valence-electron chi connectivity index (χ2n) is 10.5. The number of nitrogens with zero attached hydrogens (tertiary/aromatic N) is 2. The van der Waals surface area contributed by atoms with Gasteiger partial charge in [-0.05, 0) is 59.1 Å². The summed E-state index contributed by atoms with van der Waals surface area (Å²) in [7, 11) is 0. The van der Waals surface area contributed by atoms with E-state index >= 15 is 0 Å². The number of ether oxygens (including phenoxy) is 2. The van der Waals surface area contributed by atoms with Crippen molar-refractivity contribution in [1.29, 1.82) is 0 Å². The van der Waals surface area contributed by atoms with E-state index < -0.39 is 0 Å². The third kappa shape index (κ3) is 3.90. The lowest BCUT2D eigenvalue weighted by Gasteiger charge is -2.38. The molecule has 6 nitrogen and oxygen atoms in total. The van der Waals surface area contributed by atoms with Crippen molar-refractivity contribution in [2.24, 2.45) is 11.8 Å². The molecule has 0 bridgehead atoms. The summed E-state index contributed by atoms with van der Waals surface area (Å²) >= 11 is 0. The molecule has 0 radical (unpaired) electrons. The predicted octanol–water partition coefficient (Wildman–Crippen LogP) is 4.25. The Hall–Kier alpha value is -3.51. The SMILES string of the molecule is O=C(NC1C2CN(CCc3ccc4c(c3)OCO4)CC21)N1CCc2ccccc2C1c1ccccc1. The zero-order valence-electron chi connectivity index (χ0n) is 20.3. The van der Waals surface area contributed by atoms with Crippen LogP contribution >= 0.6 is 0 Å². The topological polar surface area (TPSA) is 54.0 Å². The highest BCUT2D eigenvalue weighted by molar-refractivity contribution is 5.77. The number of carbonyl (C=O) groups excluding carboxylic acids is 1. The van der Waals surface area contributed by atoms with Gasteiger partial charge in [-0.15, -0.1) is 0 Å². The Bertz CT molecular complexity index is 1270. The molecular formula is C30H31N3O3. The molecule has 3 heterocycles. The number of nitrogens with one attached hydrogen (secondary N) is 1. The number of piperidine rings is 1. The standard InChI is InChI=1S/C30H31N3O3/c34-30(33-15-13-21-6-4-5-9-23(21)29(33)22-7-2-1-3-8-22)31-28-24-17-32(18-25(24)28)14-12-20-10-11-26-27(16-20)36-19-35-26/h1-11,16,24-25,28-29H,12-15,17-19H2,(H,31,34). The van der Waals surface area contributed by atoms with Gasteiger partial charge in [0, 0.05) is 32.2 Å². The smallest absolute Gasteiger partial charge is 0.318 e. The zero-order chi connectivity index (χ0) is 24.1. The Morgan fingerprint density at radius 1 is 0.917 bits per heavy atom. The number of urea groups is 1. The second kappa shape index (κ2) is 8.86. The number of carbonyl (C=O) groups is 1. The Balaban J connectivity index is 0.972. The minimum atomic E-state index is -0.0343. The van der Waals surface area contributed by atoms with Crippen LogP contribution in [-0.4, -0.2) is 54.8 Å². The summed E-state index contributed by atoms with van der Waals surface area (Å²) in [6, 6.07) is 25.6. The lowest BCUT2D eigenvalue weighted by molar-refractivity contribution is 0.174. The van der Waals surface area contributed by atoms with Crippen LogP contribution in [0.3, 0.4) is 0 Å².